The molecule has 2 saturated heterocycles. The molecule has 0 bridgehead atoms. The molecular weight excluding hydrogens is 330 g/mol. The van der Waals surface area contributed by atoms with E-state index in [2.05, 4.69) is 24.8 Å². The van der Waals surface area contributed by atoms with Crippen LogP contribution in [0, 0.1) is 0 Å². The summed E-state index contributed by atoms with van der Waals surface area (Å²) in [5.74, 6) is 1.03. The van der Waals surface area contributed by atoms with Gasteiger partial charge in [0.2, 0.25) is 10.0 Å². The summed E-state index contributed by atoms with van der Waals surface area (Å²) in [5, 5.41) is 3.34. The molecule has 0 spiro atoms. The molecule has 1 atom stereocenters. The maximum absolute atomic E-state index is 11.4. The van der Waals surface area contributed by atoms with Crippen molar-refractivity contribution in [2.45, 2.75) is 25.8 Å². The highest BCUT2D eigenvalue weighted by molar-refractivity contribution is 7.89. The molecule has 8 nitrogen and oxygen atoms in total. The second kappa shape index (κ2) is 9.55. The summed E-state index contributed by atoms with van der Waals surface area (Å²) in [6.45, 7) is 8.49. The summed E-state index contributed by atoms with van der Waals surface area (Å²) in [6, 6.07) is 0.573. The molecule has 2 fully saturated rings. The molecule has 0 radical (unpaired) electrons. The Morgan fingerprint density at radius 2 is 2.00 bits per heavy atom. The number of nitrogens with one attached hydrogen (secondary N) is 2. The molecule has 2 aliphatic rings. The number of hydrogen-bond donors (Lipinski definition) is 2. The van der Waals surface area contributed by atoms with Crippen LogP contribution in [0.15, 0.2) is 4.99 Å². The Labute approximate surface area is 145 Å². The van der Waals surface area contributed by atoms with Gasteiger partial charge in [-0.05, 0) is 19.8 Å². The molecule has 0 amide bonds. The maximum Gasteiger partial charge on any atom is 0.211 e. The van der Waals surface area contributed by atoms with Gasteiger partial charge in [0.1, 0.15) is 0 Å². The van der Waals surface area contributed by atoms with Crippen molar-refractivity contribution in [2.75, 3.05) is 65.3 Å². The van der Waals surface area contributed by atoms with Crippen LogP contribution in [-0.2, 0) is 14.8 Å². The Morgan fingerprint density at radius 3 is 2.67 bits per heavy atom. The molecular formula is C15H31N5O3S. The lowest BCUT2D eigenvalue weighted by molar-refractivity contribution is 0.0195. The molecule has 140 valence electrons. The second-order valence-electron chi connectivity index (χ2n) is 6.16. The van der Waals surface area contributed by atoms with E-state index in [-0.39, 0.29) is 5.75 Å². The fourth-order valence-corrected chi connectivity index (χ4v) is 3.78. The van der Waals surface area contributed by atoms with Gasteiger partial charge in [-0.3, -0.25) is 9.89 Å². The van der Waals surface area contributed by atoms with Gasteiger partial charge in [0, 0.05) is 52.4 Å². The van der Waals surface area contributed by atoms with E-state index in [1.807, 2.05) is 0 Å². The van der Waals surface area contributed by atoms with Crippen molar-refractivity contribution in [3.8, 4) is 0 Å². The Kier molecular flexibility index (Phi) is 7.73. The van der Waals surface area contributed by atoms with E-state index in [1.54, 1.807) is 14.0 Å². The highest BCUT2D eigenvalue weighted by Crippen LogP contribution is 2.16. The van der Waals surface area contributed by atoms with Crippen molar-refractivity contribution in [1.82, 2.24) is 19.8 Å². The fourth-order valence-electron chi connectivity index (χ4n) is 3.13. The lowest BCUT2D eigenvalue weighted by Crippen LogP contribution is -2.47. The van der Waals surface area contributed by atoms with E-state index in [0.29, 0.717) is 19.1 Å². The van der Waals surface area contributed by atoms with E-state index < -0.39 is 10.0 Å². The highest BCUT2D eigenvalue weighted by Gasteiger charge is 2.30. The average molecular weight is 362 g/mol. The van der Waals surface area contributed by atoms with Crippen molar-refractivity contribution in [3.05, 3.63) is 0 Å². The van der Waals surface area contributed by atoms with Gasteiger partial charge in [0.05, 0.1) is 19.0 Å². The van der Waals surface area contributed by atoms with Crippen LogP contribution in [0.3, 0.4) is 0 Å². The molecule has 9 heteroatoms. The van der Waals surface area contributed by atoms with E-state index in [4.69, 9.17) is 4.74 Å². The summed E-state index contributed by atoms with van der Waals surface area (Å²) in [5.41, 5.74) is 0. The average Bonchev–Trinajstić information content (AvgIpc) is 3.09. The number of guanidine groups is 1. The van der Waals surface area contributed by atoms with Crippen LogP contribution < -0.4 is 10.0 Å². The minimum atomic E-state index is -3.10. The molecule has 2 heterocycles. The van der Waals surface area contributed by atoms with Gasteiger partial charge in [-0.1, -0.05) is 0 Å². The van der Waals surface area contributed by atoms with Crippen molar-refractivity contribution in [1.29, 1.82) is 0 Å². The quantitative estimate of drug-likeness (QED) is 0.354. The molecule has 0 aliphatic carbocycles. The second-order valence-corrected chi connectivity index (χ2v) is 8.26. The van der Waals surface area contributed by atoms with Crippen LogP contribution >= 0.6 is 0 Å². The van der Waals surface area contributed by atoms with Crippen molar-refractivity contribution >= 4 is 16.0 Å². The molecule has 2 N–H and O–H groups in total. The van der Waals surface area contributed by atoms with Crippen LogP contribution in [0.25, 0.3) is 0 Å². The fraction of sp³-hybridized carbons (Fsp3) is 0.933. The summed E-state index contributed by atoms with van der Waals surface area (Å²) in [6.07, 6.45) is 1.88. The predicted octanol–water partition coefficient (Wildman–Crippen LogP) is -0.702. The van der Waals surface area contributed by atoms with Crippen molar-refractivity contribution < 1.29 is 13.2 Å². The van der Waals surface area contributed by atoms with Gasteiger partial charge in [-0.25, -0.2) is 13.1 Å². The Balaban J connectivity index is 1.68. The maximum atomic E-state index is 11.4. The predicted molar refractivity (Wildman–Crippen MR) is 95.8 cm³/mol. The van der Waals surface area contributed by atoms with Gasteiger partial charge < -0.3 is 15.0 Å². The van der Waals surface area contributed by atoms with E-state index in [0.717, 1.165) is 58.2 Å². The summed E-state index contributed by atoms with van der Waals surface area (Å²) < 4.78 is 30.7. The minimum absolute atomic E-state index is 0.124. The lowest BCUT2D eigenvalue weighted by atomic mass is 10.2. The summed E-state index contributed by atoms with van der Waals surface area (Å²) in [4.78, 5) is 9.16. The standard InChI is InChI=1S/C15H31N5O3S/c1-3-24(21,22)18-7-4-6-17-15(16-2)20-8-5-14(13-20)19-9-11-23-12-10-19/h14,18H,3-13H2,1-2H3,(H,16,17). The number of ether oxygens (including phenoxy) is 1. The third kappa shape index (κ3) is 5.87. The summed E-state index contributed by atoms with van der Waals surface area (Å²) in [7, 11) is -1.30. The van der Waals surface area contributed by atoms with Crippen LogP contribution in [0.2, 0.25) is 0 Å². The Morgan fingerprint density at radius 1 is 1.25 bits per heavy atom. The first-order chi connectivity index (χ1) is 11.6. The Bertz CT molecular complexity index is 505. The van der Waals surface area contributed by atoms with Crippen LogP contribution in [-0.4, -0.2) is 95.5 Å². The van der Waals surface area contributed by atoms with Crippen LogP contribution in [0.4, 0.5) is 0 Å². The number of aliphatic imine (C=N–C) groups is 1. The topological polar surface area (TPSA) is 86.3 Å². The zero-order valence-electron chi connectivity index (χ0n) is 14.8. The summed E-state index contributed by atoms with van der Waals surface area (Å²) >= 11 is 0. The van der Waals surface area contributed by atoms with Crippen molar-refractivity contribution in [2.24, 2.45) is 4.99 Å². The minimum Gasteiger partial charge on any atom is -0.379 e. The van der Waals surface area contributed by atoms with E-state index >= 15 is 0 Å². The Hall–Kier alpha value is -0.900. The largest absolute Gasteiger partial charge is 0.379 e. The zero-order chi connectivity index (χ0) is 17.4. The normalized spacial score (nSPS) is 23.7. The first kappa shape index (κ1) is 19.4. The first-order valence-electron chi connectivity index (χ1n) is 8.80. The third-order valence-corrected chi connectivity index (χ3v) is 5.98. The highest BCUT2D eigenvalue weighted by atomic mass is 32.2. The lowest BCUT2D eigenvalue weighted by Gasteiger charge is -2.32. The van der Waals surface area contributed by atoms with Crippen LogP contribution in [0.5, 0.6) is 0 Å². The number of hydrogen-bond acceptors (Lipinski definition) is 5. The van der Waals surface area contributed by atoms with Gasteiger partial charge in [-0.15, -0.1) is 0 Å². The van der Waals surface area contributed by atoms with E-state index in [1.165, 1.54) is 0 Å². The van der Waals surface area contributed by atoms with Gasteiger partial charge in [-0.2, -0.15) is 0 Å². The number of nitrogens with zero attached hydrogens (tertiary/aromatic N) is 3. The monoisotopic (exact) mass is 361 g/mol. The smallest absolute Gasteiger partial charge is 0.211 e. The van der Waals surface area contributed by atoms with Crippen molar-refractivity contribution in [3.63, 3.8) is 0 Å². The zero-order valence-corrected chi connectivity index (χ0v) is 15.6. The molecule has 0 aromatic heterocycles. The first-order valence-corrected chi connectivity index (χ1v) is 10.5. The third-order valence-electron chi connectivity index (χ3n) is 4.58. The number of sulfonamides is 1. The molecule has 2 aliphatic heterocycles. The molecule has 2 rings (SSSR count). The number of morpholine rings is 1. The number of likely N-dealkylation sites (tertiary alicyclic amines) is 1. The molecule has 0 aromatic rings. The number of rotatable bonds is 7. The molecule has 1 unspecified atom stereocenters. The van der Waals surface area contributed by atoms with Gasteiger partial charge >= 0.3 is 0 Å². The molecule has 0 saturated carbocycles. The molecule has 0 aromatic carbocycles. The van der Waals surface area contributed by atoms with E-state index in [9.17, 15) is 8.42 Å². The van der Waals surface area contributed by atoms with Gasteiger partial charge in [0.25, 0.3) is 0 Å². The van der Waals surface area contributed by atoms with Gasteiger partial charge in [0.15, 0.2) is 5.96 Å². The molecule has 24 heavy (non-hydrogen) atoms. The SMILES string of the molecule is CCS(=O)(=O)NCCCNC(=NC)N1CCC(N2CCOCC2)C1. The van der Waals surface area contributed by atoms with Crippen LogP contribution in [0.1, 0.15) is 19.8 Å².